The zero-order chi connectivity index (χ0) is 12.8. The summed E-state index contributed by atoms with van der Waals surface area (Å²) in [6.07, 6.45) is 12.7. The van der Waals surface area contributed by atoms with Crippen molar-refractivity contribution in [2.45, 2.75) is 51.0 Å². The average Bonchev–Trinajstić information content (AvgIpc) is 2.35. The molecule has 2 unspecified atom stereocenters. The van der Waals surface area contributed by atoms with E-state index in [0.29, 0.717) is 12.0 Å². The van der Waals surface area contributed by atoms with Gasteiger partial charge in [-0.05, 0) is 31.6 Å². The quantitative estimate of drug-likeness (QED) is 0.689. The van der Waals surface area contributed by atoms with E-state index < -0.39 is 0 Å². The molecule has 100 valence electrons. The van der Waals surface area contributed by atoms with Crippen molar-refractivity contribution in [2.75, 3.05) is 6.61 Å². The van der Waals surface area contributed by atoms with Crippen LogP contribution in [0.3, 0.4) is 0 Å². The van der Waals surface area contributed by atoms with Gasteiger partial charge in [-0.25, -0.2) is 0 Å². The molecule has 2 atom stereocenters. The summed E-state index contributed by atoms with van der Waals surface area (Å²) in [5.41, 5.74) is 0. The summed E-state index contributed by atoms with van der Waals surface area (Å²) in [6.45, 7) is 8.64. The molecular formula is C16H24O2. The van der Waals surface area contributed by atoms with Gasteiger partial charge in [0.2, 0.25) is 0 Å². The molecule has 0 amide bonds. The fraction of sp³-hybridized carbons (Fsp3) is 0.625. The maximum absolute atomic E-state index is 5.72. The highest BCUT2D eigenvalue weighted by Gasteiger charge is 2.16. The SMILES string of the molecule is C=C1CC(C/C=C\CC2CCCC(=C)O2)CCO1. The standard InChI is InChI=1S/C16H24O2/c1-13-6-5-9-16(18-13)8-4-3-7-15-10-11-17-14(2)12-15/h3-4,15-16H,1-2,5-12H2/b4-3-. The van der Waals surface area contributed by atoms with E-state index in [1.165, 1.54) is 6.42 Å². The van der Waals surface area contributed by atoms with Crippen LogP contribution in [0.25, 0.3) is 0 Å². The van der Waals surface area contributed by atoms with E-state index in [1.807, 2.05) is 0 Å². The highest BCUT2D eigenvalue weighted by Crippen LogP contribution is 2.26. The molecular weight excluding hydrogens is 224 g/mol. The summed E-state index contributed by atoms with van der Waals surface area (Å²) in [7, 11) is 0. The highest BCUT2D eigenvalue weighted by atomic mass is 16.5. The highest BCUT2D eigenvalue weighted by molar-refractivity contribution is 4.95. The lowest BCUT2D eigenvalue weighted by molar-refractivity contribution is 0.0768. The van der Waals surface area contributed by atoms with Crippen LogP contribution in [-0.2, 0) is 9.47 Å². The lowest BCUT2D eigenvalue weighted by atomic mass is 9.94. The second-order valence-corrected chi connectivity index (χ2v) is 5.36. The second-order valence-electron chi connectivity index (χ2n) is 5.36. The number of allylic oxidation sites excluding steroid dienone is 3. The van der Waals surface area contributed by atoms with Crippen LogP contribution in [0.5, 0.6) is 0 Å². The molecule has 2 aliphatic heterocycles. The molecule has 0 N–H and O–H groups in total. The molecule has 2 heteroatoms. The van der Waals surface area contributed by atoms with Crippen LogP contribution in [0.4, 0.5) is 0 Å². The first-order valence-electron chi connectivity index (χ1n) is 7.04. The summed E-state index contributed by atoms with van der Waals surface area (Å²) in [6, 6.07) is 0. The fourth-order valence-electron chi connectivity index (χ4n) is 2.64. The zero-order valence-electron chi connectivity index (χ0n) is 11.2. The minimum absolute atomic E-state index is 0.354. The van der Waals surface area contributed by atoms with E-state index in [0.717, 1.165) is 56.7 Å². The molecule has 2 rings (SSSR count). The van der Waals surface area contributed by atoms with Gasteiger partial charge in [-0.1, -0.05) is 25.3 Å². The van der Waals surface area contributed by atoms with Gasteiger partial charge in [-0.2, -0.15) is 0 Å². The molecule has 0 aromatic heterocycles. The molecule has 0 aliphatic carbocycles. The number of hydrogen-bond donors (Lipinski definition) is 0. The minimum Gasteiger partial charge on any atom is -0.499 e. The van der Waals surface area contributed by atoms with Crippen molar-refractivity contribution >= 4 is 0 Å². The van der Waals surface area contributed by atoms with Gasteiger partial charge in [0.05, 0.1) is 18.1 Å². The maximum atomic E-state index is 5.72. The molecule has 0 bridgehead atoms. The third-order valence-corrected chi connectivity index (χ3v) is 3.70. The topological polar surface area (TPSA) is 18.5 Å². The van der Waals surface area contributed by atoms with Crippen molar-refractivity contribution < 1.29 is 9.47 Å². The average molecular weight is 248 g/mol. The monoisotopic (exact) mass is 248 g/mol. The summed E-state index contributed by atoms with van der Waals surface area (Å²) >= 11 is 0. The lowest BCUT2D eigenvalue weighted by Crippen LogP contribution is -2.16. The molecule has 2 aliphatic rings. The number of ether oxygens (including phenoxy) is 2. The van der Waals surface area contributed by atoms with Gasteiger partial charge in [0.1, 0.15) is 6.10 Å². The Kier molecular flexibility index (Phi) is 4.91. The molecule has 2 fully saturated rings. The second kappa shape index (κ2) is 6.67. The summed E-state index contributed by atoms with van der Waals surface area (Å²) in [4.78, 5) is 0. The Hall–Kier alpha value is -1.18. The molecule has 0 spiro atoms. The van der Waals surface area contributed by atoms with Crippen LogP contribution in [0.1, 0.15) is 44.9 Å². The summed E-state index contributed by atoms with van der Waals surface area (Å²) in [5.74, 6) is 2.62. The van der Waals surface area contributed by atoms with Gasteiger partial charge < -0.3 is 9.47 Å². The van der Waals surface area contributed by atoms with Crippen molar-refractivity contribution in [3.8, 4) is 0 Å². The van der Waals surface area contributed by atoms with Crippen molar-refractivity contribution in [1.82, 2.24) is 0 Å². The van der Waals surface area contributed by atoms with E-state index in [1.54, 1.807) is 0 Å². The Morgan fingerprint density at radius 1 is 1.11 bits per heavy atom. The van der Waals surface area contributed by atoms with E-state index in [9.17, 15) is 0 Å². The van der Waals surface area contributed by atoms with Crippen LogP contribution in [0.2, 0.25) is 0 Å². The Bertz CT molecular complexity index is 298. The van der Waals surface area contributed by atoms with Crippen LogP contribution >= 0.6 is 0 Å². The Morgan fingerprint density at radius 3 is 2.72 bits per heavy atom. The lowest BCUT2D eigenvalue weighted by Gasteiger charge is -2.25. The third-order valence-electron chi connectivity index (χ3n) is 3.70. The molecule has 2 heterocycles. The molecule has 0 aromatic rings. The number of rotatable bonds is 4. The van der Waals surface area contributed by atoms with Gasteiger partial charge in [-0.15, -0.1) is 0 Å². The molecule has 2 saturated heterocycles. The smallest absolute Gasteiger partial charge is 0.102 e. The van der Waals surface area contributed by atoms with Crippen molar-refractivity contribution in [2.24, 2.45) is 5.92 Å². The van der Waals surface area contributed by atoms with E-state index in [4.69, 9.17) is 9.47 Å². The first-order chi connectivity index (χ1) is 8.74. The van der Waals surface area contributed by atoms with Crippen molar-refractivity contribution in [1.29, 1.82) is 0 Å². The van der Waals surface area contributed by atoms with Gasteiger partial charge in [-0.3, -0.25) is 0 Å². The summed E-state index contributed by atoms with van der Waals surface area (Å²) < 4.78 is 11.1. The fourth-order valence-corrected chi connectivity index (χ4v) is 2.64. The molecule has 2 nitrogen and oxygen atoms in total. The molecule has 0 saturated carbocycles. The third kappa shape index (κ3) is 4.25. The first-order valence-corrected chi connectivity index (χ1v) is 7.04. The van der Waals surface area contributed by atoms with Crippen molar-refractivity contribution in [3.05, 3.63) is 36.8 Å². The first kappa shape index (κ1) is 13.3. The molecule has 18 heavy (non-hydrogen) atoms. The van der Waals surface area contributed by atoms with Crippen LogP contribution in [0.15, 0.2) is 36.8 Å². The Labute approximate surface area is 110 Å². The molecule has 0 radical (unpaired) electrons. The van der Waals surface area contributed by atoms with Gasteiger partial charge in [0.15, 0.2) is 0 Å². The van der Waals surface area contributed by atoms with E-state index in [2.05, 4.69) is 25.3 Å². The Balaban J connectivity index is 1.65. The summed E-state index contributed by atoms with van der Waals surface area (Å²) in [5, 5.41) is 0. The zero-order valence-corrected chi connectivity index (χ0v) is 11.2. The van der Waals surface area contributed by atoms with Crippen molar-refractivity contribution in [3.63, 3.8) is 0 Å². The predicted octanol–water partition coefficient (Wildman–Crippen LogP) is 4.35. The van der Waals surface area contributed by atoms with E-state index >= 15 is 0 Å². The van der Waals surface area contributed by atoms with E-state index in [-0.39, 0.29) is 0 Å². The van der Waals surface area contributed by atoms with Gasteiger partial charge in [0, 0.05) is 19.3 Å². The van der Waals surface area contributed by atoms with Crippen LogP contribution < -0.4 is 0 Å². The predicted molar refractivity (Wildman–Crippen MR) is 74.1 cm³/mol. The molecule has 0 aromatic carbocycles. The number of hydrogen-bond acceptors (Lipinski definition) is 2. The normalized spacial score (nSPS) is 29.1. The van der Waals surface area contributed by atoms with Crippen LogP contribution in [-0.4, -0.2) is 12.7 Å². The van der Waals surface area contributed by atoms with Gasteiger partial charge in [0.25, 0.3) is 0 Å². The maximum Gasteiger partial charge on any atom is 0.102 e. The van der Waals surface area contributed by atoms with Gasteiger partial charge >= 0.3 is 0 Å². The minimum atomic E-state index is 0.354. The largest absolute Gasteiger partial charge is 0.499 e. The van der Waals surface area contributed by atoms with Crippen LogP contribution in [0, 0.1) is 5.92 Å². The Morgan fingerprint density at radius 2 is 1.94 bits per heavy atom.